The van der Waals surface area contributed by atoms with E-state index in [0.29, 0.717) is 22.4 Å². The van der Waals surface area contributed by atoms with Crippen molar-refractivity contribution in [3.05, 3.63) is 10.6 Å². The number of nitrogens with zero attached hydrogens (tertiary/aromatic N) is 2. The van der Waals surface area contributed by atoms with Gasteiger partial charge in [0.15, 0.2) is 6.04 Å². The summed E-state index contributed by atoms with van der Waals surface area (Å²) in [5, 5.41) is 21.7. The predicted molar refractivity (Wildman–Crippen MR) is 95.8 cm³/mol. The number of ether oxygens (including phenoxy) is 1. The van der Waals surface area contributed by atoms with Crippen molar-refractivity contribution in [2.24, 2.45) is 11.8 Å². The summed E-state index contributed by atoms with van der Waals surface area (Å²) in [4.78, 5) is 38.1. The van der Waals surface area contributed by atoms with Crippen LogP contribution in [0.1, 0.15) is 20.3 Å². The molecule has 2 saturated heterocycles. The fourth-order valence-electron chi connectivity index (χ4n) is 4.71. The van der Waals surface area contributed by atoms with Gasteiger partial charge in [0.05, 0.1) is 62.7 Å². The largest absolute Gasteiger partial charge is 0.543 e. The van der Waals surface area contributed by atoms with Crippen LogP contribution in [0.25, 0.3) is 0 Å². The number of thioether (sulfide) groups is 1. The van der Waals surface area contributed by atoms with E-state index in [1.165, 1.54) is 23.8 Å². The molecule has 0 aromatic carbocycles. The molecule has 6 atom stereocenters. The van der Waals surface area contributed by atoms with Crippen molar-refractivity contribution < 1.29 is 33.8 Å². The normalized spacial score (nSPS) is 35.7. The van der Waals surface area contributed by atoms with Gasteiger partial charge in [0.1, 0.15) is 0 Å². The van der Waals surface area contributed by atoms with Crippen molar-refractivity contribution in [2.45, 2.75) is 43.7 Å². The number of carboxylic acids is 1. The van der Waals surface area contributed by atoms with Crippen molar-refractivity contribution in [1.82, 2.24) is 4.90 Å². The molecule has 3 aliphatic heterocycles. The molecule has 3 rings (SSSR count). The molecular weight excluding hydrogens is 372 g/mol. The molecule has 1 unspecified atom stereocenters. The van der Waals surface area contributed by atoms with Gasteiger partial charge in [0.2, 0.25) is 5.91 Å². The Morgan fingerprint density at radius 1 is 1.41 bits per heavy atom. The van der Waals surface area contributed by atoms with E-state index in [1.807, 2.05) is 21.0 Å². The summed E-state index contributed by atoms with van der Waals surface area (Å²) < 4.78 is 5.37. The highest BCUT2D eigenvalue weighted by molar-refractivity contribution is 8.03. The lowest BCUT2D eigenvalue weighted by molar-refractivity contribution is -0.893. The molecule has 1 amide bonds. The monoisotopic (exact) mass is 398 g/mol. The van der Waals surface area contributed by atoms with E-state index in [4.69, 9.17) is 4.74 Å². The van der Waals surface area contributed by atoms with Gasteiger partial charge in [-0.2, -0.15) is 0 Å². The number of esters is 1. The van der Waals surface area contributed by atoms with Crippen LogP contribution in [0, 0.1) is 11.8 Å². The molecular formula is C18H26N2O6S. The van der Waals surface area contributed by atoms with Crippen molar-refractivity contribution in [3.8, 4) is 0 Å². The maximum absolute atomic E-state index is 12.4. The maximum Gasteiger partial charge on any atom is 0.364 e. The van der Waals surface area contributed by atoms with Gasteiger partial charge in [-0.15, -0.1) is 11.8 Å². The Balaban J connectivity index is 1.85. The Kier molecular flexibility index (Phi) is 5.07. The highest BCUT2D eigenvalue weighted by Crippen LogP contribution is 2.52. The van der Waals surface area contributed by atoms with Crippen LogP contribution in [0.15, 0.2) is 10.6 Å². The summed E-state index contributed by atoms with van der Waals surface area (Å²) in [5.41, 5.74) is -0.0776. The number of β-lactam (4-membered cyclic amide) rings is 1. The number of quaternary nitrogens is 1. The number of carbonyl (C=O) groups excluding carboxylic acids is 3. The Morgan fingerprint density at radius 3 is 2.56 bits per heavy atom. The summed E-state index contributed by atoms with van der Waals surface area (Å²) in [7, 11) is 5.27. The van der Waals surface area contributed by atoms with Crippen LogP contribution in [-0.2, 0) is 19.1 Å². The highest BCUT2D eigenvalue weighted by atomic mass is 32.2. The van der Waals surface area contributed by atoms with Crippen molar-refractivity contribution in [3.63, 3.8) is 0 Å². The average Bonchev–Trinajstić information content (AvgIpc) is 2.99. The molecule has 150 valence electrons. The highest BCUT2D eigenvalue weighted by Gasteiger charge is 2.59. The summed E-state index contributed by atoms with van der Waals surface area (Å²) in [5.74, 6) is -2.81. The number of methoxy groups -OCH3 is 1. The third-order valence-electron chi connectivity index (χ3n) is 6.07. The first-order valence-corrected chi connectivity index (χ1v) is 9.93. The number of amides is 1. The first-order valence-electron chi connectivity index (χ1n) is 9.05. The van der Waals surface area contributed by atoms with E-state index in [9.17, 15) is 24.6 Å². The van der Waals surface area contributed by atoms with Gasteiger partial charge in [-0.05, 0) is 6.92 Å². The predicted octanol–water partition coefficient (Wildman–Crippen LogP) is -1.07. The van der Waals surface area contributed by atoms with Gasteiger partial charge in [-0.3, -0.25) is 4.79 Å². The zero-order chi connectivity index (χ0) is 20.3. The Labute approximate surface area is 162 Å². The van der Waals surface area contributed by atoms with Crippen LogP contribution < -0.4 is 5.11 Å². The molecule has 0 saturated carbocycles. The lowest BCUT2D eigenvalue weighted by Gasteiger charge is -2.47. The molecule has 0 aromatic rings. The molecule has 8 nitrogen and oxygen atoms in total. The summed E-state index contributed by atoms with van der Waals surface area (Å²) in [6.07, 6.45) is -0.265. The Hall–Kier alpha value is -1.58. The minimum atomic E-state index is -1.37. The van der Waals surface area contributed by atoms with E-state index in [2.05, 4.69) is 0 Å². The molecule has 3 heterocycles. The lowest BCUT2D eigenvalue weighted by atomic mass is 9.79. The standard InChI is InChI=1S/C18H26N2O6S/c1-8-13-12(9(2)21)16(22)19(13)14(17(23)24)15(8)27-10-6-11(18(25)26-5)20(3,4)7-10/h8-13,21H,6-7H2,1-5H3/t8-,9-,10+,11?,12-,13-/m1/s1. The van der Waals surface area contributed by atoms with E-state index < -0.39 is 18.0 Å². The molecule has 0 spiro atoms. The Morgan fingerprint density at radius 2 is 2.04 bits per heavy atom. The molecule has 2 fully saturated rings. The number of fused-ring (bicyclic) bond motifs is 1. The zero-order valence-corrected chi connectivity index (χ0v) is 17.0. The fourth-order valence-corrected chi connectivity index (χ4v) is 6.46. The maximum atomic E-state index is 12.4. The number of carboxylic acid groups (broad SMARTS) is 1. The molecule has 0 bridgehead atoms. The second-order valence-electron chi connectivity index (χ2n) is 8.23. The number of aliphatic hydroxyl groups is 1. The van der Waals surface area contributed by atoms with Crippen LogP contribution in [0.3, 0.4) is 0 Å². The summed E-state index contributed by atoms with van der Waals surface area (Å²) in [6, 6.07) is -0.659. The SMILES string of the molecule is COC(=O)C1C[C@H](SC2=C(C(=O)[O-])N3C(=O)[C@H]([C@@H](C)O)[C@H]3[C@H]2C)C[N+]1(C)C. The second-order valence-corrected chi connectivity index (χ2v) is 9.57. The van der Waals surface area contributed by atoms with Crippen molar-refractivity contribution >= 4 is 29.6 Å². The van der Waals surface area contributed by atoms with E-state index >= 15 is 0 Å². The lowest BCUT2D eigenvalue weighted by Crippen LogP contribution is -2.64. The van der Waals surface area contributed by atoms with Gasteiger partial charge in [-0.1, -0.05) is 6.92 Å². The second kappa shape index (κ2) is 6.79. The first kappa shape index (κ1) is 20.2. The zero-order valence-electron chi connectivity index (χ0n) is 16.2. The van der Waals surface area contributed by atoms with Crippen LogP contribution >= 0.6 is 11.8 Å². The average molecular weight is 398 g/mol. The molecule has 0 radical (unpaired) electrons. The van der Waals surface area contributed by atoms with Crippen LogP contribution in [0.5, 0.6) is 0 Å². The van der Waals surface area contributed by atoms with Crippen LogP contribution in [0.4, 0.5) is 0 Å². The molecule has 1 N–H and O–H groups in total. The number of likely N-dealkylation sites (tertiary alicyclic amines) is 1. The first-order chi connectivity index (χ1) is 12.5. The molecule has 0 aliphatic carbocycles. The minimum Gasteiger partial charge on any atom is -0.543 e. The molecule has 3 aliphatic rings. The molecule has 27 heavy (non-hydrogen) atoms. The molecule has 0 aromatic heterocycles. The van der Waals surface area contributed by atoms with Crippen molar-refractivity contribution in [2.75, 3.05) is 27.7 Å². The number of rotatable bonds is 5. The van der Waals surface area contributed by atoms with Crippen LogP contribution in [0.2, 0.25) is 0 Å². The Bertz CT molecular complexity index is 719. The van der Waals surface area contributed by atoms with Gasteiger partial charge in [-0.25, -0.2) is 4.79 Å². The number of carbonyl (C=O) groups is 3. The summed E-state index contributed by atoms with van der Waals surface area (Å²) >= 11 is 1.42. The number of aliphatic hydroxyl groups excluding tert-OH is 1. The van der Waals surface area contributed by atoms with Gasteiger partial charge in [0.25, 0.3) is 0 Å². The third-order valence-corrected chi connectivity index (χ3v) is 7.57. The quantitative estimate of drug-likeness (QED) is 0.357. The number of hydrogen-bond acceptors (Lipinski definition) is 7. The number of hydrogen-bond donors (Lipinski definition) is 1. The van der Waals surface area contributed by atoms with Gasteiger partial charge < -0.3 is 29.1 Å². The number of aliphatic carboxylic acids is 1. The smallest absolute Gasteiger partial charge is 0.364 e. The van der Waals surface area contributed by atoms with E-state index in [0.717, 1.165) is 0 Å². The summed E-state index contributed by atoms with van der Waals surface area (Å²) in [6.45, 7) is 4.11. The topological polar surface area (TPSA) is 107 Å². The minimum absolute atomic E-state index is 0.0229. The third kappa shape index (κ3) is 3.05. The van der Waals surface area contributed by atoms with E-state index in [1.54, 1.807) is 6.92 Å². The van der Waals surface area contributed by atoms with Crippen molar-refractivity contribution in [1.29, 1.82) is 0 Å². The number of likely N-dealkylation sites (N-methyl/N-ethyl adjacent to an activating group) is 1. The van der Waals surface area contributed by atoms with E-state index in [-0.39, 0.29) is 40.8 Å². The van der Waals surface area contributed by atoms with Gasteiger partial charge >= 0.3 is 5.97 Å². The fraction of sp³-hybridized carbons (Fsp3) is 0.722. The van der Waals surface area contributed by atoms with Crippen LogP contribution in [-0.4, -0.2) is 83.5 Å². The van der Waals surface area contributed by atoms with Gasteiger partial charge in [0, 0.05) is 17.2 Å². The molecule has 9 heteroatoms.